The number of thioether (sulfide) groups is 1. The zero-order valence-corrected chi connectivity index (χ0v) is 45.1. The number of nitrogens with one attached hydrogen (secondary N) is 2. The van der Waals surface area contributed by atoms with Crippen LogP contribution in [0, 0.1) is 0 Å². The molecule has 0 saturated carbocycles. The minimum Gasteiger partial charge on any atom is -0.457 e. The Morgan fingerprint density at radius 1 is 0.740 bits per heavy atom. The number of amides is 2. The highest BCUT2D eigenvalue weighted by Crippen LogP contribution is 2.46. The molecule has 10 rings (SSSR count). The van der Waals surface area contributed by atoms with E-state index in [2.05, 4.69) is 25.8 Å². The first-order valence-electron chi connectivity index (χ1n) is 24.8. The maximum absolute atomic E-state index is 15.0. The summed E-state index contributed by atoms with van der Waals surface area (Å²) >= 11 is 3.99. The molecule has 0 spiro atoms. The highest BCUT2D eigenvalue weighted by Gasteiger charge is 2.55. The number of aromatic nitrogens is 3. The number of carbonyl (C=O) groups excluding carboxylic acids is 4. The van der Waals surface area contributed by atoms with Gasteiger partial charge in [0.25, 0.3) is 11.8 Å². The predicted molar refractivity (Wildman–Crippen MR) is 301 cm³/mol. The van der Waals surface area contributed by atoms with Crippen LogP contribution in [0.4, 0.5) is 5.13 Å². The fourth-order valence-corrected chi connectivity index (χ4v) is 12.1. The van der Waals surface area contributed by atoms with Gasteiger partial charge in [-0.25, -0.2) is 19.6 Å². The van der Waals surface area contributed by atoms with E-state index in [-0.39, 0.29) is 22.9 Å². The van der Waals surface area contributed by atoms with Crippen molar-refractivity contribution in [3.8, 4) is 10.6 Å². The Labute approximate surface area is 458 Å². The summed E-state index contributed by atoms with van der Waals surface area (Å²) in [5.41, 5.74) is 2.01. The van der Waals surface area contributed by atoms with Crippen molar-refractivity contribution in [3.63, 3.8) is 0 Å². The average molecular weight is 1080 g/mol. The molecule has 0 bridgehead atoms. The number of carbonyl (C=O) groups is 4. The fourth-order valence-electron chi connectivity index (χ4n) is 8.97. The topological polar surface area (TPSA) is 174 Å². The third-order valence-electron chi connectivity index (χ3n) is 12.7. The highest BCUT2D eigenvalue weighted by atomic mass is 32.2. The molecule has 0 aliphatic carbocycles. The maximum atomic E-state index is 15.0. The van der Waals surface area contributed by atoms with Crippen molar-refractivity contribution in [2.24, 2.45) is 5.16 Å². The third kappa shape index (κ3) is 11.1. The maximum Gasteiger partial charge on any atom is 0.356 e. The van der Waals surface area contributed by atoms with E-state index in [0.29, 0.717) is 20.6 Å². The van der Waals surface area contributed by atoms with Crippen molar-refractivity contribution in [1.82, 2.24) is 25.2 Å². The summed E-state index contributed by atoms with van der Waals surface area (Å²) in [6.45, 7) is 8.19. The molecular formula is C60H53N7O7S3. The number of thiazole rings is 2. The first kappa shape index (κ1) is 52.2. The number of fused-ring (bicyclic) bond motifs is 1. The van der Waals surface area contributed by atoms with Gasteiger partial charge in [0.15, 0.2) is 16.9 Å². The standard InChI is InChI=1S/C60H53N7O7S3/c1-58(2,3)73-56(71)59(4,5)74-66-47(45-37-76-57(63-45)65-60(41-27-15-8-16-28-41,42-29-17-9-18-30-42)43-31-19-10-20-32-43)51(68)64-48-53(69)67-49(55(70)72-50(38-22-11-6-12-23-38)39-24-13-7-14-25-39)44(36-75-54(48)67)46-35-62-52(77-46)40-26-21-33-61-34-40/h6-35,37,48,50,54H,36H2,1-5H3,(H,63,65)(H,64,68). The quantitative estimate of drug-likeness (QED) is 0.0291. The van der Waals surface area contributed by atoms with Crippen LogP contribution in [0.1, 0.15) is 79.1 Å². The molecule has 2 unspecified atom stereocenters. The van der Waals surface area contributed by atoms with Crippen molar-refractivity contribution in [1.29, 1.82) is 0 Å². The number of oxime groups is 1. The Kier molecular flexibility index (Phi) is 15.0. The third-order valence-corrected chi connectivity index (χ3v) is 15.9. The molecule has 77 heavy (non-hydrogen) atoms. The number of hydrogen-bond donors (Lipinski definition) is 2. The van der Waals surface area contributed by atoms with Crippen molar-refractivity contribution in [2.45, 2.75) is 68.9 Å². The normalized spacial score (nSPS) is 15.8. The van der Waals surface area contributed by atoms with Crippen LogP contribution in [0.5, 0.6) is 0 Å². The molecule has 0 radical (unpaired) electrons. The lowest BCUT2D eigenvalue weighted by Crippen LogP contribution is -2.71. The molecule has 5 aromatic carbocycles. The molecule has 5 heterocycles. The molecule has 14 nitrogen and oxygen atoms in total. The van der Waals surface area contributed by atoms with Crippen molar-refractivity contribution >= 4 is 74.6 Å². The van der Waals surface area contributed by atoms with Crippen LogP contribution in [0.2, 0.25) is 0 Å². The minimum absolute atomic E-state index is 0.0489. The van der Waals surface area contributed by atoms with Gasteiger partial charge >= 0.3 is 11.9 Å². The first-order chi connectivity index (χ1) is 37.2. The number of hydrogen-bond acceptors (Lipinski definition) is 15. The smallest absolute Gasteiger partial charge is 0.356 e. The number of rotatable bonds is 17. The summed E-state index contributed by atoms with van der Waals surface area (Å²) in [5, 5.41) is 13.0. The number of benzene rings is 5. The van der Waals surface area contributed by atoms with Gasteiger partial charge < -0.3 is 24.9 Å². The number of β-lactam (4-membered cyclic amide) rings is 1. The summed E-state index contributed by atoms with van der Waals surface area (Å²) in [7, 11) is 0. The second kappa shape index (κ2) is 22.1. The van der Waals surface area contributed by atoms with Crippen LogP contribution < -0.4 is 10.6 Å². The molecular weight excluding hydrogens is 1030 g/mol. The van der Waals surface area contributed by atoms with Gasteiger partial charge in [0, 0.05) is 40.9 Å². The zero-order chi connectivity index (χ0) is 53.7. The van der Waals surface area contributed by atoms with Crippen LogP contribution in [-0.4, -0.2) is 77.7 Å². The monoisotopic (exact) mass is 1080 g/mol. The Bertz CT molecular complexity index is 3330. The summed E-state index contributed by atoms with van der Waals surface area (Å²) < 4.78 is 12.1. The zero-order valence-electron chi connectivity index (χ0n) is 42.7. The number of ether oxygens (including phenoxy) is 2. The second-order valence-electron chi connectivity index (χ2n) is 19.6. The highest BCUT2D eigenvalue weighted by molar-refractivity contribution is 8.00. The Balaban J connectivity index is 0.995. The molecule has 2 aliphatic heterocycles. The lowest BCUT2D eigenvalue weighted by atomic mass is 9.77. The van der Waals surface area contributed by atoms with Gasteiger partial charge in [-0.1, -0.05) is 157 Å². The second-order valence-corrected chi connectivity index (χ2v) is 22.6. The summed E-state index contributed by atoms with van der Waals surface area (Å²) in [4.78, 5) is 80.1. The minimum atomic E-state index is -1.66. The molecule has 2 amide bonds. The van der Waals surface area contributed by atoms with Gasteiger partial charge in [-0.3, -0.25) is 19.5 Å². The van der Waals surface area contributed by atoms with Crippen LogP contribution in [0.25, 0.3) is 16.1 Å². The molecule has 3 aromatic heterocycles. The van der Waals surface area contributed by atoms with E-state index in [1.54, 1.807) is 44.7 Å². The molecule has 388 valence electrons. The fraction of sp³-hybridized carbons (Fsp3) is 0.200. The van der Waals surface area contributed by atoms with Gasteiger partial charge in [0.2, 0.25) is 5.60 Å². The van der Waals surface area contributed by atoms with Gasteiger partial charge in [0.05, 0.1) is 4.88 Å². The predicted octanol–water partition coefficient (Wildman–Crippen LogP) is 11.1. The van der Waals surface area contributed by atoms with E-state index < -0.39 is 58.0 Å². The number of anilines is 1. The van der Waals surface area contributed by atoms with Crippen LogP contribution in [0.15, 0.2) is 199 Å². The number of nitrogens with zero attached hydrogens (tertiary/aromatic N) is 5. The average Bonchev–Trinajstić information content (AvgIpc) is 4.24. The Hall–Kier alpha value is -8.25. The summed E-state index contributed by atoms with van der Waals surface area (Å²) in [6, 6.07) is 51.4. The van der Waals surface area contributed by atoms with Gasteiger partial charge in [-0.15, -0.1) is 34.4 Å². The molecule has 8 aromatic rings. The van der Waals surface area contributed by atoms with E-state index in [4.69, 9.17) is 19.3 Å². The SMILES string of the molecule is CC(C)(C)OC(=O)C(C)(C)ON=C(C(=O)NC1C(=O)N2C(C(=O)OC(c3ccccc3)c3ccccc3)=C(c3cnc(-c4cccnc4)s3)CSC12)c1csc(NC(c2ccccc2)(c2ccccc2)c2ccccc2)n1. The largest absolute Gasteiger partial charge is 0.457 e. The molecule has 17 heteroatoms. The lowest BCUT2D eigenvalue weighted by Gasteiger charge is -2.49. The Morgan fingerprint density at radius 2 is 1.31 bits per heavy atom. The van der Waals surface area contributed by atoms with E-state index in [1.165, 1.54) is 53.2 Å². The molecule has 2 aliphatic rings. The van der Waals surface area contributed by atoms with Gasteiger partial charge in [-0.2, -0.15) is 0 Å². The lowest BCUT2D eigenvalue weighted by molar-refractivity contribution is -0.179. The summed E-state index contributed by atoms with van der Waals surface area (Å²) in [5.74, 6) is -2.54. The van der Waals surface area contributed by atoms with E-state index in [0.717, 1.165) is 33.4 Å². The Morgan fingerprint density at radius 3 is 1.86 bits per heavy atom. The van der Waals surface area contributed by atoms with Crippen molar-refractivity contribution < 1.29 is 33.5 Å². The van der Waals surface area contributed by atoms with Gasteiger partial charge in [0.1, 0.15) is 39.0 Å². The van der Waals surface area contributed by atoms with E-state index in [9.17, 15) is 19.2 Å². The van der Waals surface area contributed by atoms with Crippen LogP contribution in [-0.2, 0) is 39.0 Å². The van der Waals surface area contributed by atoms with E-state index in [1.807, 2.05) is 164 Å². The first-order valence-corrected chi connectivity index (χ1v) is 27.5. The van der Waals surface area contributed by atoms with Gasteiger partial charge in [-0.05, 0) is 74.6 Å². The van der Waals surface area contributed by atoms with E-state index >= 15 is 0 Å². The van der Waals surface area contributed by atoms with Crippen molar-refractivity contribution in [3.05, 3.63) is 232 Å². The van der Waals surface area contributed by atoms with Crippen LogP contribution >= 0.6 is 34.4 Å². The molecule has 1 saturated heterocycles. The van der Waals surface area contributed by atoms with Crippen molar-refractivity contribution in [2.75, 3.05) is 11.1 Å². The van der Waals surface area contributed by atoms with Crippen LogP contribution in [0.3, 0.4) is 0 Å². The summed E-state index contributed by atoms with van der Waals surface area (Å²) in [6.07, 6.45) is 4.27. The molecule has 1 fully saturated rings. The number of pyridine rings is 1. The molecule has 2 N–H and O–H groups in total. The number of esters is 2. The molecule has 2 atom stereocenters.